The summed E-state index contributed by atoms with van der Waals surface area (Å²) in [5, 5.41) is 0.754. The van der Waals surface area contributed by atoms with E-state index in [1.54, 1.807) is 0 Å². The molecule has 1 fully saturated rings. The van der Waals surface area contributed by atoms with Gasteiger partial charge in [-0.25, -0.2) is 0 Å². The van der Waals surface area contributed by atoms with Crippen LogP contribution in [0.3, 0.4) is 0 Å². The number of benzene rings is 1. The number of halogens is 2. The molecule has 0 amide bonds. The Hall–Kier alpha value is 0.260. The van der Waals surface area contributed by atoms with Crippen LogP contribution in [0.1, 0.15) is 31.9 Å². The largest absolute Gasteiger partial charge is 0.329 e. The van der Waals surface area contributed by atoms with Crippen LogP contribution in [0, 0.1) is 0 Å². The average Bonchev–Trinajstić information content (AvgIpc) is 2.54. The predicted octanol–water partition coefficient (Wildman–Crippen LogP) is 4.32. The third-order valence-corrected chi connectivity index (χ3v) is 6.15. The summed E-state index contributed by atoms with van der Waals surface area (Å²) in [7, 11) is 0. The summed E-state index contributed by atoms with van der Waals surface area (Å²) in [5.74, 6) is 1.16. The molecule has 0 radical (unpaired) electrons. The second kappa shape index (κ2) is 7.01. The van der Waals surface area contributed by atoms with Crippen molar-refractivity contribution < 1.29 is 0 Å². The Bertz CT molecular complexity index is 467. The topological polar surface area (TPSA) is 29.3 Å². The van der Waals surface area contributed by atoms with Crippen molar-refractivity contribution in [1.29, 1.82) is 0 Å². The van der Waals surface area contributed by atoms with Crippen LogP contribution >= 0.6 is 39.3 Å². The molecule has 0 bridgehead atoms. The van der Waals surface area contributed by atoms with Gasteiger partial charge in [-0.05, 0) is 24.1 Å². The quantitative estimate of drug-likeness (QED) is 0.850. The summed E-state index contributed by atoms with van der Waals surface area (Å²) < 4.78 is 1.42. The Balaban J connectivity index is 2.19. The summed E-state index contributed by atoms with van der Waals surface area (Å²) in [5.41, 5.74) is 7.30. The fraction of sp³-hybridized carbons (Fsp3) is 0.600. The van der Waals surface area contributed by atoms with Crippen molar-refractivity contribution >= 4 is 39.3 Å². The first-order valence-electron chi connectivity index (χ1n) is 6.96. The zero-order chi connectivity index (χ0) is 14.8. The molecule has 2 N–H and O–H groups in total. The highest BCUT2D eigenvalue weighted by molar-refractivity contribution is 9.10. The van der Waals surface area contributed by atoms with Crippen molar-refractivity contribution in [2.45, 2.75) is 31.1 Å². The van der Waals surface area contributed by atoms with E-state index in [4.69, 9.17) is 17.3 Å². The minimum atomic E-state index is 0.260. The monoisotopic (exact) mass is 376 g/mol. The summed E-state index contributed by atoms with van der Waals surface area (Å²) in [4.78, 5) is 2.51. The molecule has 0 aliphatic carbocycles. The smallest absolute Gasteiger partial charge is 0.0481 e. The van der Waals surface area contributed by atoms with Gasteiger partial charge in [0.25, 0.3) is 0 Å². The highest BCUT2D eigenvalue weighted by Crippen LogP contribution is 2.35. The van der Waals surface area contributed by atoms with Gasteiger partial charge in [-0.15, -0.1) is 0 Å². The molecular weight excluding hydrogens is 356 g/mol. The molecule has 0 aromatic heterocycles. The van der Waals surface area contributed by atoms with Crippen molar-refractivity contribution in [3.05, 3.63) is 33.3 Å². The zero-order valence-corrected chi connectivity index (χ0v) is 15.2. The molecule has 1 atom stereocenters. The summed E-state index contributed by atoms with van der Waals surface area (Å²) >= 11 is 11.7. The van der Waals surface area contributed by atoms with Gasteiger partial charge in [0.1, 0.15) is 0 Å². The van der Waals surface area contributed by atoms with E-state index in [1.807, 2.05) is 12.1 Å². The lowest BCUT2D eigenvalue weighted by Gasteiger charge is -2.31. The van der Waals surface area contributed by atoms with Gasteiger partial charge in [0.15, 0.2) is 0 Å². The van der Waals surface area contributed by atoms with Crippen molar-refractivity contribution in [2.75, 3.05) is 25.4 Å². The van der Waals surface area contributed by atoms with Crippen LogP contribution in [-0.2, 0) is 0 Å². The van der Waals surface area contributed by atoms with E-state index < -0.39 is 0 Å². The highest BCUT2D eigenvalue weighted by Gasteiger charge is 2.28. The van der Waals surface area contributed by atoms with Gasteiger partial charge in [0, 0.05) is 45.7 Å². The van der Waals surface area contributed by atoms with E-state index in [0.29, 0.717) is 11.3 Å². The molecule has 0 spiro atoms. The lowest BCUT2D eigenvalue weighted by Crippen LogP contribution is -2.36. The first-order valence-corrected chi connectivity index (χ1v) is 9.11. The Morgan fingerprint density at radius 3 is 2.85 bits per heavy atom. The first kappa shape index (κ1) is 16.6. The fourth-order valence-corrected chi connectivity index (χ4v) is 4.65. The van der Waals surface area contributed by atoms with Crippen molar-refractivity contribution in [3.8, 4) is 0 Å². The average molecular weight is 378 g/mol. The second-order valence-corrected chi connectivity index (χ2v) is 8.90. The molecule has 1 aromatic carbocycles. The number of thioether (sulfide) groups is 1. The molecule has 1 aliphatic rings. The molecule has 112 valence electrons. The molecule has 20 heavy (non-hydrogen) atoms. The third kappa shape index (κ3) is 4.14. The van der Waals surface area contributed by atoms with E-state index in [2.05, 4.69) is 52.5 Å². The van der Waals surface area contributed by atoms with Crippen LogP contribution in [0.25, 0.3) is 0 Å². The van der Waals surface area contributed by atoms with Gasteiger partial charge < -0.3 is 5.73 Å². The molecule has 1 heterocycles. The Morgan fingerprint density at radius 2 is 2.20 bits per heavy atom. The summed E-state index contributed by atoms with van der Waals surface area (Å²) in [6, 6.07) is 6.25. The van der Waals surface area contributed by atoms with Crippen LogP contribution < -0.4 is 5.73 Å². The molecule has 1 saturated heterocycles. The molecule has 1 aliphatic heterocycles. The minimum Gasteiger partial charge on any atom is -0.329 e. The van der Waals surface area contributed by atoms with Crippen LogP contribution in [0.5, 0.6) is 0 Å². The van der Waals surface area contributed by atoms with E-state index in [1.165, 1.54) is 12.0 Å². The van der Waals surface area contributed by atoms with Crippen LogP contribution in [0.4, 0.5) is 0 Å². The Morgan fingerprint density at radius 1 is 1.45 bits per heavy atom. The fourth-order valence-electron chi connectivity index (χ4n) is 2.59. The van der Waals surface area contributed by atoms with Gasteiger partial charge in [-0.1, -0.05) is 47.4 Å². The standard InChI is InChI=1S/C15H22BrClN2S/c1-15(2)5-6-19(7-8-20-15)14(10-18)12-4-3-11(17)9-13(12)16/h3-4,9,14H,5-8,10,18H2,1-2H3. The van der Waals surface area contributed by atoms with Crippen LogP contribution in [-0.4, -0.2) is 35.0 Å². The number of hydrogen-bond acceptors (Lipinski definition) is 3. The molecule has 1 aromatic rings. The van der Waals surface area contributed by atoms with Gasteiger partial charge in [-0.2, -0.15) is 11.8 Å². The predicted molar refractivity (Wildman–Crippen MR) is 93.7 cm³/mol. The van der Waals surface area contributed by atoms with Gasteiger partial charge in [0.2, 0.25) is 0 Å². The van der Waals surface area contributed by atoms with Crippen molar-refractivity contribution in [1.82, 2.24) is 4.90 Å². The molecule has 1 unspecified atom stereocenters. The van der Waals surface area contributed by atoms with Crippen molar-refractivity contribution in [3.63, 3.8) is 0 Å². The number of hydrogen-bond donors (Lipinski definition) is 1. The number of nitrogens with two attached hydrogens (primary N) is 1. The second-order valence-electron chi connectivity index (χ2n) is 5.81. The maximum Gasteiger partial charge on any atom is 0.0481 e. The SMILES string of the molecule is CC1(C)CCN(C(CN)c2ccc(Cl)cc2Br)CCS1. The van der Waals surface area contributed by atoms with Crippen LogP contribution in [0.15, 0.2) is 22.7 Å². The van der Waals surface area contributed by atoms with Gasteiger partial charge in [0.05, 0.1) is 0 Å². The van der Waals surface area contributed by atoms with Gasteiger partial charge >= 0.3 is 0 Å². The Kier molecular flexibility index (Phi) is 5.83. The van der Waals surface area contributed by atoms with E-state index >= 15 is 0 Å². The molecular formula is C15H22BrClN2S. The van der Waals surface area contributed by atoms with Gasteiger partial charge in [-0.3, -0.25) is 4.90 Å². The molecule has 2 rings (SSSR count). The molecule has 5 heteroatoms. The lowest BCUT2D eigenvalue weighted by atomic mass is 10.0. The normalized spacial score (nSPS) is 21.4. The maximum atomic E-state index is 6.06. The van der Waals surface area contributed by atoms with E-state index in [9.17, 15) is 0 Å². The molecule has 2 nitrogen and oxygen atoms in total. The number of rotatable bonds is 3. The van der Waals surface area contributed by atoms with Crippen LogP contribution in [0.2, 0.25) is 5.02 Å². The van der Waals surface area contributed by atoms with E-state index in [-0.39, 0.29) is 6.04 Å². The first-order chi connectivity index (χ1) is 9.43. The van der Waals surface area contributed by atoms with Crippen molar-refractivity contribution in [2.24, 2.45) is 5.73 Å². The minimum absolute atomic E-state index is 0.260. The lowest BCUT2D eigenvalue weighted by molar-refractivity contribution is 0.210. The summed E-state index contributed by atoms with van der Waals surface area (Å²) in [6.07, 6.45) is 1.19. The highest BCUT2D eigenvalue weighted by atomic mass is 79.9. The maximum absolute atomic E-state index is 6.06. The third-order valence-electron chi connectivity index (χ3n) is 3.86. The zero-order valence-electron chi connectivity index (χ0n) is 12.0. The Labute approximate surface area is 139 Å². The number of nitrogens with zero attached hydrogens (tertiary/aromatic N) is 1. The summed E-state index contributed by atoms with van der Waals surface area (Å²) in [6.45, 7) is 7.47. The molecule has 0 saturated carbocycles. The van der Waals surface area contributed by atoms with E-state index in [0.717, 1.165) is 28.3 Å².